The van der Waals surface area contributed by atoms with E-state index in [0.717, 1.165) is 36.5 Å². The second-order valence-electron chi connectivity index (χ2n) is 6.86. The third-order valence-corrected chi connectivity index (χ3v) is 4.89. The number of nitrogens with zero attached hydrogens (tertiary/aromatic N) is 2. The second-order valence-corrected chi connectivity index (χ2v) is 6.86. The molecule has 0 spiro atoms. The van der Waals surface area contributed by atoms with Crippen LogP contribution in [0.3, 0.4) is 0 Å². The van der Waals surface area contributed by atoms with Gasteiger partial charge >= 0.3 is 0 Å². The SMILES string of the molecule is CCc1cc(=O)[nH]c(-c2ccc(NCCc3c[nH]c4cccc(C)c34)nc2)n1. The Kier molecular flexibility index (Phi) is 4.93. The number of anilines is 1. The van der Waals surface area contributed by atoms with Crippen molar-refractivity contribution in [1.29, 1.82) is 0 Å². The zero-order chi connectivity index (χ0) is 19.5. The number of nitrogens with one attached hydrogen (secondary N) is 3. The smallest absolute Gasteiger partial charge is 0.251 e. The fourth-order valence-corrected chi connectivity index (χ4v) is 3.44. The molecule has 0 saturated heterocycles. The molecule has 0 radical (unpaired) electrons. The molecule has 4 aromatic rings. The summed E-state index contributed by atoms with van der Waals surface area (Å²) < 4.78 is 0. The van der Waals surface area contributed by atoms with E-state index in [0.29, 0.717) is 5.82 Å². The van der Waals surface area contributed by atoms with E-state index in [-0.39, 0.29) is 5.56 Å². The van der Waals surface area contributed by atoms with Gasteiger partial charge in [-0.25, -0.2) is 9.97 Å². The van der Waals surface area contributed by atoms with E-state index in [1.54, 1.807) is 6.20 Å². The molecule has 0 unspecified atom stereocenters. The predicted molar refractivity (Wildman–Crippen MR) is 113 cm³/mol. The van der Waals surface area contributed by atoms with Gasteiger partial charge in [0.25, 0.3) is 5.56 Å². The first kappa shape index (κ1) is 18.0. The third kappa shape index (κ3) is 3.67. The van der Waals surface area contributed by atoms with Crippen molar-refractivity contribution in [1.82, 2.24) is 19.9 Å². The largest absolute Gasteiger partial charge is 0.370 e. The standard InChI is InChI=1S/C22H23N5O/c1-3-17-11-20(28)27-22(26-17)16-7-8-19(25-13-16)23-10-9-15-12-24-18-6-4-5-14(2)21(15)18/h4-8,11-13,24H,3,9-10H2,1-2H3,(H,23,25)(H,26,27,28). The number of benzene rings is 1. The monoisotopic (exact) mass is 373 g/mol. The zero-order valence-electron chi connectivity index (χ0n) is 16.0. The summed E-state index contributed by atoms with van der Waals surface area (Å²) in [5, 5.41) is 4.67. The molecule has 28 heavy (non-hydrogen) atoms. The number of fused-ring (bicyclic) bond motifs is 1. The van der Waals surface area contributed by atoms with Gasteiger partial charge in [-0.15, -0.1) is 0 Å². The summed E-state index contributed by atoms with van der Waals surface area (Å²) in [5.41, 5.74) is 5.19. The van der Waals surface area contributed by atoms with Gasteiger partial charge in [0.1, 0.15) is 11.6 Å². The van der Waals surface area contributed by atoms with Gasteiger partial charge in [0.2, 0.25) is 0 Å². The van der Waals surface area contributed by atoms with Crippen LogP contribution in [0.25, 0.3) is 22.3 Å². The van der Waals surface area contributed by atoms with Crippen molar-refractivity contribution in [2.45, 2.75) is 26.7 Å². The van der Waals surface area contributed by atoms with Gasteiger partial charge < -0.3 is 15.3 Å². The fourth-order valence-electron chi connectivity index (χ4n) is 3.44. The van der Waals surface area contributed by atoms with Crippen LogP contribution in [0.5, 0.6) is 0 Å². The van der Waals surface area contributed by atoms with Crippen LogP contribution in [0, 0.1) is 6.92 Å². The van der Waals surface area contributed by atoms with Crippen LogP contribution in [0.2, 0.25) is 0 Å². The number of pyridine rings is 1. The zero-order valence-corrected chi connectivity index (χ0v) is 16.0. The summed E-state index contributed by atoms with van der Waals surface area (Å²) >= 11 is 0. The molecule has 1 aromatic carbocycles. The summed E-state index contributed by atoms with van der Waals surface area (Å²) in [6.07, 6.45) is 5.44. The molecular weight excluding hydrogens is 350 g/mol. The van der Waals surface area contributed by atoms with Crippen molar-refractivity contribution in [3.8, 4) is 11.4 Å². The van der Waals surface area contributed by atoms with Crippen LogP contribution in [-0.2, 0) is 12.8 Å². The van der Waals surface area contributed by atoms with Crippen LogP contribution < -0.4 is 10.9 Å². The summed E-state index contributed by atoms with van der Waals surface area (Å²) in [5.74, 6) is 1.35. The lowest BCUT2D eigenvalue weighted by molar-refractivity contribution is 0.984. The number of hydrogen-bond acceptors (Lipinski definition) is 4. The Balaban J connectivity index is 1.44. The Hall–Kier alpha value is -3.41. The molecule has 6 heteroatoms. The number of aryl methyl sites for hydroxylation is 2. The Labute approximate surface area is 163 Å². The summed E-state index contributed by atoms with van der Waals surface area (Å²) in [6.45, 7) is 4.90. The quantitative estimate of drug-likeness (QED) is 0.479. The van der Waals surface area contributed by atoms with Gasteiger partial charge in [-0.1, -0.05) is 19.1 Å². The minimum atomic E-state index is -0.141. The molecule has 0 fully saturated rings. The lowest BCUT2D eigenvalue weighted by Crippen LogP contribution is -2.10. The van der Waals surface area contributed by atoms with Crippen molar-refractivity contribution in [2.24, 2.45) is 0 Å². The van der Waals surface area contributed by atoms with Crippen molar-refractivity contribution in [3.63, 3.8) is 0 Å². The van der Waals surface area contributed by atoms with E-state index in [1.165, 1.54) is 28.1 Å². The highest BCUT2D eigenvalue weighted by molar-refractivity contribution is 5.86. The normalized spacial score (nSPS) is 11.1. The van der Waals surface area contributed by atoms with Crippen molar-refractivity contribution in [3.05, 3.63) is 76.0 Å². The molecule has 0 aliphatic carbocycles. The number of aromatic nitrogens is 4. The molecule has 4 rings (SSSR count). The van der Waals surface area contributed by atoms with Crippen molar-refractivity contribution in [2.75, 3.05) is 11.9 Å². The Bertz CT molecular complexity index is 1160. The van der Waals surface area contributed by atoms with Crippen LogP contribution >= 0.6 is 0 Å². The molecule has 0 aliphatic heterocycles. The number of rotatable bonds is 6. The molecule has 0 saturated carbocycles. The van der Waals surface area contributed by atoms with Crippen LogP contribution in [0.1, 0.15) is 23.7 Å². The van der Waals surface area contributed by atoms with E-state index in [9.17, 15) is 4.79 Å². The number of hydrogen-bond donors (Lipinski definition) is 3. The fraction of sp³-hybridized carbons (Fsp3) is 0.227. The van der Waals surface area contributed by atoms with Crippen molar-refractivity contribution < 1.29 is 0 Å². The summed E-state index contributed by atoms with van der Waals surface area (Å²) in [6, 6.07) is 11.7. The number of H-pyrrole nitrogens is 2. The highest BCUT2D eigenvalue weighted by atomic mass is 16.1. The number of aromatic amines is 2. The lowest BCUT2D eigenvalue weighted by Gasteiger charge is -2.07. The Morgan fingerprint density at radius 1 is 1.18 bits per heavy atom. The molecule has 142 valence electrons. The first-order valence-electron chi connectivity index (χ1n) is 9.50. The lowest BCUT2D eigenvalue weighted by atomic mass is 10.1. The van der Waals surface area contributed by atoms with E-state index in [2.05, 4.69) is 56.6 Å². The van der Waals surface area contributed by atoms with E-state index in [4.69, 9.17) is 0 Å². The Morgan fingerprint density at radius 3 is 2.86 bits per heavy atom. The van der Waals surface area contributed by atoms with Crippen LogP contribution in [0.4, 0.5) is 5.82 Å². The van der Waals surface area contributed by atoms with Crippen molar-refractivity contribution >= 4 is 16.7 Å². The van der Waals surface area contributed by atoms with Gasteiger partial charge in [-0.2, -0.15) is 0 Å². The first-order valence-corrected chi connectivity index (χ1v) is 9.50. The summed E-state index contributed by atoms with van der Waals surface area (Å²) in [7, 11) is 0. The van der Waals surface area contributed by atoms with Gasteiger partial charge in [0.05, 0.1) is 0 Å². The molecule has 3 heterocycles. The average Bonchev–Trinajstić information content (AvgIpc) is 3.12. The van der Waals surface area contributed by atoms with E-state index in [1.807, 2.05) is 19.1 Å². The maximum absolute atomic E-state index is 11.8. The molecule has 0 aliphatic rings. The maximum atomic E-state index is 11.8. The maximum Gasteiger partial charge on any atom is 0.251 e. The molecule has 3 N–H and O–H groups in total. The van der Waals surface area contributed by atoms with Gasteiger partial charge in [-0.05, 0) is 49.1 Å². The van der Waals surface area contributed by atoms with Gasteiger partial charge in [0, 0.05) is 47.2 Å². The van der Waals surface area contributed by atoms with Crippen LogP contribution in [0.15, 0.2) is 53.6 Å². The van der Waals surface area contributed by atoms with Gasteiger partial charge in [0.15, 0.2) is 0 Å². The highest BCUT2D eigenvalue weighted by Crippen LogP contribution is 2.22. The molecule has 0 atom stereocenters. The predicted octanol–water partition coefficient (Wildman–Crippen LogP) is 3.84. The van der Waals surface area contributed by atoms with Crippen LogP contribution in [-0.4, -0.2) is 26.5 Å². The van der Waals surface area contributed by atoms with E-state index >= 15 is 0 Å². The second kappa shape index (κ2) is 7.68. The molecular formula is C22H23N5O. The van der Waals surface area contributed by atoms with Gasteiger partial charge in [-0.3, -0.25) is 4.79 Å². The summed E-state index contributed by atoms with van der Waals surface area (Å²) in [4.78, 5) is 26.8. The molecule has 0 bridgehead atoms. The average molecular weight is 373 g/mol. The molecule has 3 aromatic heterocycles. The molecule has 0 amide bonds. The minimum absolute atomic E-state index is 0.141. The minimum Gasteiger partial charge on any atom is -0.370 e. The molecule has 6 nitrogen and oxygen atoms in total. The first-order chi connectivity index (χ1) is 13.6. The topological polar surface area (TPSA) is 86.5 Å². The highest BCUT2D eigenvalue weighted by Gasteiger charge is 2.07. The van der Waals surface area contributed by atoms with E-state index < -0.39 is 0 Å². The Morgan fingerprint density at radius 2 is 2.07 bits per heavy atom. The third-order valence-electron chi connectivity index (χ3n) is 4.89.